The molecule has 4 aromatic rings. The average Bonchev–Trinajstić information content (AvgIpc) is 4.00. The van der Waals surface area contributed by atoms with E-state index in [0.29, 0.717) is 49.4 Å². The number of hydrogen-bond acceptors (Lipinski definition) is 8. The van der Waals surface area contributed by atoms with Gasteiger partial charge >= 0.3 is 0 Å². The Kier molecular flexibility index (Phi) is 8.85. The lowest BCUT2D eigenvalue weighted by Gasteiger charge is -2.36. The first kappa shape index (κ1) is 32.9. The van der Waals surface area contributed by atoms with Crippen LogP contribution in [0, 0.1) is 13.8 Å². The minimum absolute atomic E-state index is 0.00219. The highest BCUT2D eigenvalue weighted by atomic mass is 16.3. The number of aliphatic hydroxyl groups excluding tert-OH is 2. The van der Waals surface area contributed by atoms with E-state index in [4.69, 9.17) is 0 Å². The number of aliphatic hydroxyl groups is 2. The van der Waals surface area contributed by atoms with Crippen LogP contribution in [0.2, 0.25) is 0 Å². The molecule has 0 radical (unpaired) electrons. The number of carbonyl (C=O) groups is 2. The van der Waals surface area contributed by atoms with E-state index in [1.165, 1.54) is 11.1 Å². The number of Topliss-reactive ketones (excluding diaryl/α,β-unsaturated/α-hetero) is 1. The Morgan fingerprint density at radius 3 is 1.80 bits per heavy atom. The first-order chi connectivity index (χ1) is 24.2. The van der Waals surface area contributed by atoms with Crippen molar-refractivity contribution in [2.75, 3.05) is 31.5 Å². The predicted molar refractivity (Wildman–Crippen MR) is 192 cm³/mol. The number of rotatable bonds is 12. The van der Waals surface area contributed by atoms with Gasteiger partial charge in [0.1, 0.15) is 11.4 Å². The van der Waals surface area contributed by atoms with Crippen molar-refractivity contribution in [3.63, 3.8) is 0 Å². The molecule has 2 aromatic carbocycles. The molecule has 2 aromatic heterocycles. The summed E-state index contributed by atoms with van der Waals surface area (Å²) in [5.74, 6) is 0.732. The predicted octanol–water partition coefficient (Wildman–Crippen LogP) is 5.55. The number of pyridine rings is 2. The molecule has 2 aliphatic heterocycles. The molecule has 4 aliphatic rings. The molecule has 258 valence electrons. The molecule has 0 atom stereocenters. The summed E-state index contributed by atoms with van der Waals surface area (Å²) in [7, 11) is 0. The highest BCUT2D eigenvalue weighted by Gasteiger charge is 2.32. The summed E-state index contributed by atoms with van der Waals surface area (Å²) in [4.78, 5) is 40.8. The molecule has 3 N–H and O–H groups in total. The summed E-state index contributed by atoms with van der Waals surface area (Å²) >= 11 is 0. The number of aromatic nitrogens is 2. The minimum atomic E-state index is -0.247. The summed E-state index contributed by atoms with van der Waals surface area (Å²) in [6, 6.07) is 16.0. The smallest absolute Gasteiger partial charge is 0.274 e. The summed E-state index contributed by atoms with van der Waals surface area (Å²) in [6.45, 7) is 8.32. The van der Waals surface area contributed by atoms with E-state index in [1.54, 1.807) is 0 Å². The van der Waals surface area contributed by atoms with Crippen LogP contribution < -0.4 is 5.32 Å². The molecular weight excluding hydrogens is 626 g/mol. The summed E-state index contributed by atoms with van der Waals surface area (Å²) in [5, 5.41) is 22.5. The Balaban J connectivity index is 0.983. The van der Waals surface area contributed by atoms with E-state index >= 15 is 0 Å². The van der Waals surface area contributed by atoms with Crippen LogP contribution in [0.15, 0.2) is 60.9 Å². The normalized spacial score (nSPS) is 18.5. The van der Waals surface area contributed by atoms with Gasteiger partial charge in [-0.15, -0.1) is 0 Å². The maximum Gasteiger partial charge on any atom is 0.274 e. The van der Waals surface area contributed by atoms with Crippen molar-refractivity contribution < 1.29 is 19.8 Å². The van der Waals surface area contributed by atoms with Gasteiger partial charge in [-0.25, -0.2) is 0 Å². The van der Waals surface area contributed by atoms with Crippen LogP contribution in [0.25, 0.3) is 11.1 Å². The van der Waals surface area contributed by atoms with Crippen molar-refractivity contribution in [2.45, 2.75) is 83.1 Å². The maximum atomic E-state index is 13.6. The zero-order valence-corrected chi connectivity index (χ0v) is 28.9. The third-order valence-electron chi connectivity index (χ3n) is 10.9. The van der Waals surface area contributed by atoms with Crippen LogP contribution in [0.1, 0.15) is 97.4 Å². The van der Waals surface area contributed by atoms with Gasteiger partial charge in [-0.3, -0.25) is 29.4 Å². The van der Waals surface area contributed by atoms with Crippen molar-refractivity contribution in [3.8, 4) is 11.1 Å². The van der Waals surface area contributed by atoms with E-state index in [2.05, 4.69) is 44.1 Å². The first-order valence-electron chi connectivity index (χ1n) is 18.0. The third-order valence-corrected chi connectivity index (χ3v) is 10.9. The van der Waals surface area contributed by atoms with E-state index in [9.17, 15) is 19.8 Å². The van der Waals surface area contributed by atoms with Crippen LogP contribution in [-0.4, -0.2) is 80.1 Å². The number of amides is 1. The molecule has 2 saturated heterocycles. The summed E-state index contributed by atoms with van der Waals surface area (Å²) < 4.78 is 0. The Labute approximate surface area is 293 Å². The SMILES string of the molecule is Cc1c(CC(=O)c2cc(C3CC3)c(CN3CC(O)C3)cn2)cccc1-c1cccc(NC(=O)c2cc(C3CC3)c(CN3CC(O)C3)cn2)c1C. The number of β-amino-alcohol motifs (C(OH)–C–C–N with tert-alkyl or cyclic N) is 2. The van der Waals surface area contributed by atoms with Crippen molar-refractivity contribution >= 4 is 17.4 Å². The number of anilines is 1. The Bertz CT molecular complexity index is 1820. The number of carbonyl (C=O) groups excluding carboxylic acids is 2. The lowest BCUT2D eigenvalue weighted by Crippen LogP contribution is -2.49. The second-order valence-electron chi connectivity index (χ2n) is 14.9. The molecule has 1 amide bonds. The lowest BCUT2D eigenvalue weighted by molar-refractivity contribution is -0.00326. The van der Waals surface area contributed by atoms with Crippen LogP contribution in [-0.2, 0) is 19.5 Å². The number of nitrogens with one attached hydrogen (secondary N) is 1. The van der Waals surface area contributed by atoms with Crippen LogP contribution >= 0.6 is 0 Å². The van der Waals surface area contributed by atoms with Crippen molar-refractivity contribution in [1.29, 1.82) is 0 Å². The minimum Gasteiger partial charge on any atom is -0.390 e. The van der Waals surface area contributed by atoms with Gasteiger partial charge in [-0.05, 0) is 120 Å². The molecule has 9 heteroatoms. The van der Waals surface area contributed by atoms with E-state index in [1.807, 2.05) is 55.7 Å². The Morgan fingerprint density at radius 1 is 0.720 bits per heavy atom. The standard InChI is InChI=1S/C41H45N5O4/c1-24-28(13-40(49)38-14-35(26-9-10-26)29(16-42-38)18-45-20-31(47)21-45)5-3-6-33(24)34-7-4-8-37(25(34)2)44-41(50)39-15-36(27-11-12-27)30(17-43-39)19-46-22-32(48)23-46/h3-8,14-17,26-27,31-32,47-48H,9-13,18-23H2,1-2H3,(H,44,50). The number of ketones is 1. The fraction of sp³-hybridized carbons (Fsp3) is 0.415. The Morgan fingerprint density at radius 2 is 1.24 bits per heavy atom. The molecule has 8 rings (SSSR count). The van der Waals surface area contributed by atoms with E-state index in [0.717, 1.165) is 83.4 Å². The molecule has 2 saturated carbocycles. The van der Waals surface area contributed by atoms with Gasteiger partial charge in [0.2, 0.25) is 0 Å². The van der Waals surface area contributed by atoms with E-state index in [-0.39, 0.29) is 30.3 Å². The van der Waals surface area contributed by atoms with Gasteiger partial charge in [-0.2, -0.15) is 0 Å². The van der Waals surface area contributed by atoms with E-state index < -0.39 is 0 Å². The highest BCUT2D eigenvalue weighted by Crippen LogP contribution is 2.43. The molecule has 4 fully saturated rings. The molecular formula is C41H45N5O4. The molecule has 9 nitrogen and oxygen atoms in total. The third kappa shape index (κ3) is 6.88. The summed E-state index contributed by atoms with van der Waals surface area (Å²) in [5.41, 5.74) is 11.3. The topological polar surface area (TPSA) is 119 Å². The van der Waals surface area contributed by atoms with Gasteiger partial charge < -0.3 is 15.5 Å². The first-order valence-corrected chi connectivity index (χ1v) is 18.0. The van der Waals surface area contributed by atoms with Crippen molar-refractivity contribution in [1.82, 2.24) is 19.8 Å². The highest BCUT2D eigenvalue weighted by molar-refractivity contribution is 6.04. The molecule has 4 heterocycles. The van der Waals surface area contributed by atoms with Gasteiger partial charge in [-0.1, -0.05) is 30.3 Å². The van der Waals surface area contributed by atoms with Crippen LogP contribution in [0.4, 0.5) is 5.69 Å². The fourth-order valence-electron chi connectivity index (χ4n) is 7.59. The van der Waals surface area contributed by atoms with Crippen molar-refractivity contribution in [2.24, 2.45) is 0 Å². The second kappa shape index (κ2) is 13.5. The van der Waals surface area contributed by atoms with Gasteiger partial charge in [0, 0.05) is 63.8 Å². The average molecular weight is 672 g/mol. The fourth-order valence-corrected chi connectivity index (χ4v) is 7.59. The van der Waals surface area contributed by atoms with Crippen LogP contribution in [0.5, 0.6) is 0 Å². The van der Waals surface area contributed by atoms with Crippen LogP contribution in [0.3, 0.4) is 0 Å². The molecule has 50 heavy (non-hydrogen) atoms. The van der Waals surface area contributed by atoms with Gasteiger partial charge in [0.25, 0.3) is 5.91 Å². The number of benzene rings is 2. The second-order valence-corrected chi connectivity index (χ2v) is 14.9. The molecule has 2 aliphatic carbocycles. The number of hydrogen-bond donors (Lipinski definition) is 3. The van der Waals surface area contributed by atoms with Crippen molar-refractivity contribution in [3.05, 3.63) is 111 Å². The van der Waals surface area contributed by atoms with Gasteiger partial charge in [0.05, 0.1) is 12.2 Å². The molecule has 0 spiro atoms. The number of likely N-dealkylation sites (tertiary alicyclic amines) is 2. The molecule has 0 unspecified atom stereocenters. The van der Waals surface area contributed by atoms with Gasteiger partial charge in [0.15, 0.2) is 5.78 Å². The summed E-state index contributed by atoms with van der Waals surface area (Å²) in [6.07, 6.45) is 8.01. The number of nitrogens with zero attached hydrogens (tertiary/aromatic N) is 4. The zero-order valence-electron chi connectivity index (χ0n) is 28.9. The monoisotopic (exact) mass is 671 g/mol. The molecule has 0 bridgehead atoms. The quantitative estimate of drug-likeness (QED) is 0.168. The largest absolute Gasteiger partial charge is 0.390 e. The Hall–Kier alpha value is -4.28. The lowest BCUT2D eigenvalue weighted by atomic mass is 9.90. The maximum absolute atomic E-state index is 13.6. The zero-order chi connectivity index (χ0) is 34.5.